The van der Waals surface area contributed by atoms with E-state index in [1.165, 1.54) is 29.4 Å². The highest BCUT2D eigenvalue weighted by Crippen LogP contribution is 2.15. The summed E-state index contributed by atoms with van der Waals surface area (Å²) in [5.41, 5.74) is 2.45. The van der Waals surface area contributed by atoms with E-state index in [0.29, 0.717) is 6.10 Å². The highest BCUT2D eigenvalue weighted by Gasteiger charge is 2.14. The number of H-pyrrole nitrogens is 1. The molecule has 1 aromatic heterocycles. The molecule has 17 heavy (non-hydrogen) atoms. The Kier molecular flexibility index (Phi) is 3.12. The molecule has 2 heterocycles. The number of aromatic amines is 1. The van der Waals surface area contributed by atoms with Gasteiger partial charge < -0.3 is 15.0 Å². The molecule has 0 radical (unpaired) electrons. The van der Waals surface area contributed by atoms with Crippen LogP contribution in [0.2, 0.25) is 0 Å². The molecule has 1 aliphatic rings. The van der Waals surface area contributed by atoms with E-state index in [4.69, 9.17) is 4.74 Å². The number of hydrogen-bond donors (Lipinski definition) is 2. The van der Waals surface area contributed by atoms with Crippen LogP contribution in [0, 0.1) is 0 Å². The third-order valence-electron chi connectivity index (χ3n) is 3.30. The maximum absolute atomic E-state index is 5.58. The van der Waals surface area contributed by atoms with Gasteiger partial charge in [0, 0.05) is 30.9 Å². The van der Waals surface area contributed by atoms with E-state index in [1.54, 1.807) is 0 Å². The Balaban J connectivity index is 1.57. The zero-order chi connectivity index (χ0) is 11.5. The van der Waals surface area contributed by atoms with Crippen molar-refractivity contribution in [1.82, 2.24) is 10.3 Å². The van der Waals surface area contributed by atoms with Crippen LogP contribution in [0.1, 0.15) is 18.5 Å². The van der Waals surface area contributed by atoms with Crippen molar-refractivity contribution in [3.8, 4) is 0 Å². The van der Waals surface area contributed by atoms with E-state index in [1.807, 2.05) is 0 Å². The predicted octanol–water partition coefficient (Wildman–Crippen LogP) is 2.44. The van der Waals surface area contributed by atoms with E-state index < -0.39 is 0 Å². The van der Waals surface area contributed by atoms with Gasteiger partial charge in [0.05, 0.1) is 6.10 Å². The quantitative estimate of drug-likeness (QED) is 0.846. The summed E-state index contributed by atoms with van der Waals surface area (Å²) in [5, 5.41) is 4.73. The van der Waals surface area contributed by atoms with Gasteiger partial charge in [-0.3, -0.25) is 0 Å². The van der Waals surface area contributed by atoms with Gasteiger partial charge in [-0.1, -0.05) is 18.2 Å². The van der Waals surface area contributed by atoms with Crippen LogP contribution in [0.25, 0.3) is 10.9 Å². The van der Waals surface area contributed by atoms with Crippen LogP contribution in [0.15, 0.2) is 30.3 Å². The summed E-state index contributed by atoms with van der Waals surface area (Å²) in [7, 11) is 0. The van der Waals surface area contributed by atoms with Gasteiger partial charge in [-0.05, 0) is 30.4 Å². The molecule has 1 aromatic carbocycles. The molecule has 0 spiro atoms. The Labute approximate surface area is 101 Å². The van der Waals surface area contributed by atoms with Gasteiger partial charge >= 0.3 is 0 Å². The molecule has 0 aliphatic carbocycles. The van der Waals surface area contributed by atoms with Gasteiger partial charge in [-0.15, -0.1) is 0 Å². The van der Waals surface area contributed by atoms with Crippen molar-refractivity contribution in [2.45, 2.75) is 25.5 Å². The van der Waals surface area contributed by atoms with Crippen molar-refractivity contribution < 1.29 is 4.74 Å². The van der Waals surface area contributed by atoms with Gasteiger partial charge in [0.2, 0.25) is 0 Å². The third-order valence-corrected chi connectivity index (χ3v) is 3.30. The molecule has 2 aromatic rings. The Hall–Kier alpha value is -1.32. The second-order valence-electron chi connectivity index (χ2n) is 4.65. The first-order valence-corrected chi connectivity index (χ1v) is 6.31. The number of ether oxygens (including phenoxy) is 1. The van der Waals surface area contributed by atoms with E-state index in [9.17, 15) is 0 Å². The van der Waals surface area contributed by atoms with Gasteiger partial charge in [-0.25, -0.2) is 0 Å². The minimum absolute atomic E-state index is 0.416. The van der Waals surface area contributed by atoms with Crippen LogP contribution < -0.4 is 5.32 Å². The van der Waals surface area contributed by atoms with Crippen LogP contribution in [0.4, 0.5) is 0 Å². The smallest absolute Gasteiger partial charge is 0.0700 e. The topological polar surface area (TPSA) is 37.0 Å². The average molecular weight is 230 g/mol. The summed E-state index contributed by atoms with van der Waals surface area (Å²) in [6, 6.07) is 10.6. The molecular weight excluding hydrogens is 212 g/mol. The van der Waals surface area contributed by atoms with E-state index in [2.05, 4.69) is 40.6 Å². The minimum atomic E-state index is 0.416. The Morgan fingerprint density at radius 3 is 3.12 bits per heavy atom. The lowest BCUT2D eigenvalue weighted by Gasteiger charge is -2.09. The first-order chi connectivity index (χ1) is 8.42. The van der Waals surface area contributed by atoms with Gasteiger partial charge in [-0.2, -0.15) is 0 Å². The predicted molar refractivity (Wildman–Crippen MR) is 69.0 cm³/mol. The maximum Gasteiger partial charge on any atom is 0.0700 e. The molecule has 3 heteroatoms. The third kappa shape index (κ3) is 2.51. The molecule has 3 nitrogen and oxygen atoms in total. The summed E-state index contributed by atoms with van der Waals surface area (Å²) in [6.07, 6.45) is 2.82. The summed E-state index contributed by atoms with van der Waals surface area (Å²) in [4.78, 5) is 3.42. The maximum atomic E-state index is 5.58. The van der Waals surface area contributed by atoms with Crippen LogP contribution in [0.3, 0.4) is 0 Å². The lowest BCUT2D eigenvalue weighted by atomic mass is 10.2. The van der Waals surface area contributed by atoms with Crippen molar-refractivity contribution in [2.75, 3.05) is 13.2 Å². The highest BCUT2D eigenvalue weighted by molar-refractivity contribution is 5.80. The Morgan fingerprint density at radius 2 is 2.29 bits per heavy atom. The molecule has 1 fully saturated rings. The summed E-state index contributed by atoms with van der Waals surface area (Å²) in [6.45, 7) is 2.77. The minimum Gasteiger partial charge on any atom is -0.377 e. The van der Waals surface area contributed by atoms with Gasteiger partial charge in [0.15, 0.2) is 0 Å². The number of hydrogen-bond acceptors (Lipinski definition) is 2. The Bertz CT molecular complexity index is 453. The molecular formula is C14H18N2O. The van der Waals surface area contributed by atoms with E-state index >= 15 is 0 Å². The fourth-order valence-corrected chi connectivity index (χ4v) is 2.40. The van der Waals surface area contributed by atoms with Crippen LogP contribution in [0.5, 0.6) is 0 Å². The number of para-hydroxylation sites is 1. The van der Waals surface area contributed by atoms with Gasteiger partial charge in [0.25, 0.3) is 0 Å². The van der Waals surface area contributed by atoms with Crippen molar-refractivity contribution >= 4 is 10.9 Å². The molecule has 3 rings (SSSR count). The van der Waals surface area contributed by atoms with Crippen molar-refractivity contribution in [1.29, 1.82) is 0 Å². The molecule has 2 N–H and O–H groups in total. The highest BCUT2D eigenvalue weighted by atomic mass is 16.5. The first kappa shape index (κ1) is 10.8. The molecule has 1 aliphatic heterocycles. The molecule has 1 unspecified atom stereocenters. The van der Waals surface area contributed by atoms with Gasteiger partial charge in [0.1, 0.15) is 0 Å². The number of fused-ring (bicyclic) bond motifs is 1. The van der Waals surface area contributed by atoms with Crippen molar-refractivity contribution in [2.24, 2.45) is 0 Å². The lowest BCUT2D eigenvalue weighted by molar-refractivity contribution is 0.110. The summed E-state index contributed by atoms with van der Waals surface area (Å²) < 4.78 is 5.58. The SMILES string of the molecule is c1ccc2[nH]c(CNCC3CCCO3)cc2c1. The lowest BCUT2D eigenvalue weighted by Crippen LogP contribution is -2.25. The molecule has 0 bridgehead atoms. The fraction of sp³-hybridized carbons (Fsp3) is 0.429. The monoisotopic (exact) mass is 230 g/mol. The summed E-state index contributed by atoms with van der Waals surface area (Å²) >= 11 is 0. The zero-order valence-electron chi connectivity index (χ0n) is 9.91. The molecule has 0 amide bonds. The number of nitrogens with one attached hydrogen (secondary N) is 2. The number of benzene rings is 1. The van der Waals surface area contributed by atoms with Crippen molar-refractivity contribution in [3.63, 3.8) is 0 Å². The largest absolute Gasteiger partial charge is 0.377 e. The standard InChI is InChI=1S/C14H18N2O/c1-2-6-14-11(4-1)8-12(16-14)9-15-10-13-5-3-7-17-13/h1-2,4,6,8,13,15-16H,3,5,7,9-10H2. The molecule has 0 saturated carbocycles. The molecule has 90 valence electrons. The van der Waals surface area contributed by atoms with E-state index in [0.717, 1.165) is 19.7 Å². The van der Waals surface area contributed by atoms with Crippen LogP contribution >= 0.6 is 0 Å². The average Bonchev–Trinajstić information content (AvgIpc) is 2.96. The second-order valence-corrected chi connectivity index (χ2v) is 4.65. The first-order valence-electron chi connectivity index (χ1n) is 6.31. The fourth-order valence-electron chi connectivity index (χ4n) is 2.40. The van der Waals surface area contributed by atoms with E-state index in [-0.39, 0.29) is 0 Å². The zero-order valence-corrected chi connectivity index (χ0v) is 9.91. The Morgan fingerprint density at radius 1 is 1.35 bits per heavy atom. The second kappa shape index (κ2) is 4.90. The number of aromatic nitrogens is 1. The summed E-state index contributed by atoms with van der Waals surface area (Å²) in [5.74, 6) is 0. The number of rotatable bonds is 4. The normalized spacial score (nSPS) is 20.1. The molecule has 1 atom stereocenters. The van der Waals surface area contributed by atoms with Crippen molar-refractivity contribution in [3.05, 3.63) is 36.0 Å². The molecule has 1 saturated heterocycles. The van der Waals surface area contributed by atoms with Crippen LogP contribution in [-0.4, -0.2) is 24.2 Å². The van der Waals surface area contributed by atoms with Crippen LogP contribution in [-0.2, 0) is 11.3 Å².